The summed E-state index contributed by atoms with van der Waals surface area (Å²) < 4.78 is 1.10. The van der Waals surface area contributed by atoms with Crippen LogP contribution >= 0.6 is 15.9 Å². The van der Waals surface area contributed by atoms with Crippen molar-refractivity contribution in [2.75, 3.05) is 13.1 Å². The number of benzene rings is 1. The monoisotopic (exact) mass is 390 g/mol. The standard InChI is InChI=1S/C20H27BrN2O/c21-16-6-4-5-15(13-16)20(7-2-1-3-8-20)23-18(24)17-14-19(17)9-11-22-12-10-19/h4-6,13,17,22H,1-3,7-12,14H2,(H,23,24). The van der Waals surface area contributed by atoms with Crippen LogP contribution in [0, 0.1) is 11.3 Å². The third-order valence-electron chi connectivity index (χ3n) is 6.55. The van der Waals surface area contributed by atoms with Crippen LogP contribution in [0.5, 0.6) is 0 Å². The Morgan fingerprint density at radius 1 is 1.12 bits per heavy atom. The van der Waals surface area contributed by atoms with Crippen LogP contribution in [0.3, 0.4) is 0 Å². The zero-order chi connectivity index (χ0) is 16.6. The van der Waals surface area contributed by atoms with Gasteiger partial charge in [0.2, 0.25) is 5.91 Å². The van der Waals surface area contributed by atoms with Gasteiger partial charge in [0.25, 0.3) is 0 Å². The van der Waals surface area contributed by atoms with Gasteiger partial charge in [0.1, 0.15) is 0 Å². The summed E-state index contributed by atoms with van der Waals surface area (Å²) in [6.45, 7) is 2.14. The molecule has 1 aliphatic heterocycles. The molecule has 24 heavy (non-hydrogen) atoms. The first-order valence-corrected chi connectivity index (χ1v) is 10.2. The molecular weight excluding hydrogens is 364 g/mol. The van der Waals surface area contributed by atoms with Gasteiger partial charge in [0.05, 0.1) is 5.54 Å². The van der Waals surface area contributed by atoms with Crippen LogP contribution in [0.15, 0.2) is 28.7 Å². The molecule has 0 aromatic heterocycles. The molecule has 4 heteroatoms. The van der Waals surface area contributed by atoms with Crippen LogP contribution in [0.1, 0.15) is 56.9 Å². The Balaban J connectivity index is 1.53. The van der Waals surface area contributed by atoms with E-state index in [1.54, 1.807) is 0 Å². The Labute approximate surface area is 153 Å². The topological polar surface area (TPSA) is 41.1 Å². The number of carbonyl (C=O) groups excluding carboxylic acids is 1. The van der Waals surface area contributed by atoms with Gasteiger partial charge in [-0.1, -0.05) is 47.3 Å². The van der Waals surface area contributed by atoms with E-state index >= 15 is 0 Å². The first-order valence-electron chi connectivity index (χ1n) is 9.42. The lowest BCUT2D eigenvalue weighted by Crippen LogP contribution is -2.48. The SMILES string of the molecule is O=C(NC1(c2cccc(Br)c2)CCCCC1)C1CC12CCNCC2. The summed E-state index contributed by atoms with van der Waals surface area (Å²) in [4.78, 5) is 13.1. The van der Waals surface area contributed by atoms with Crippen LogP contribution < -0.4 is 10.6 Å². The Bertz CT molecular complexity index is 618. The minimum atomic E-state index is -0.157. The molecule has 1 aromatic carbocycles. The number of nitrogens with one attached hydrogen (secondary N) is 2. The van der Waals surface area contributed by atoms with Gasteiger partial charge in [0, 0.05) is 10.4 Å². The fourth-order valence-electron chi connectivity index (χ4n) is 4.95. The second kappa shape index (κ2) is 6.45. The number of amides is 1. The van der Waals surface area contributed by atoms with Crippen LogP contribution in [-0.4, -0.2) is 19.0 Å². The van der Waals surface area contributed by atoms with Crippen LogP contribution in [-0.2, 0) is 10.3 Å². The average molecular weight is 391 g/mol. The lowest BCUT2D eigenvalue weighted by atomic mass is 9.76. The largest absolute Gasteiger partial charge is 0.346 e. The Hall–Kier alpha value is -0.870. The maximum Gasteiger partial charge on any atom is 0.224 e. The van der Waals surface area contributed by atoms with E-state index in [1.807, 2.05) is 0 Å². The first-order chi connectivity index (χ1) is 11.6. The second-order valence-corrected chi connectivity index (χ2v) is 8.93. The molecule has 3 aliphatic rings. The summed E-state index contributed by atoms with van der Waals surface area (Å²) in [5, 5.41) is 6.95. The summed E-state index contributed by atoms with van der Waals surface area (Å²) in [7, 11) is 0. The molecule has 1 unspecified atom stereocenters. The molecule has 3 nitrogen and oxygen atoms in total. The van der Waals surface area contributed by atoms with E-state index in [-0.39, 0.29) is 11.5 Å². The highest BCUT2D eigenvalue weighted by atomic mass is 79.9. The second-order valence-electron chi connectivity index (χ2n) is 8.01. The molecule has 2 N–H and O–H groups in total. The van der Waals surface area contributed by atoms with Crippen molar-refractivity contribution in [1.82, 2.24) is 10.6 Å². The highest BCUT2D eigenvalue weighted by Gasteiger charge is 2.58. The van der Waals surface area contributed by atoms with E-state index in [2.05, 4.69) is 50.8 Å². The van der Waals surface area contributed by atoms with Gasteiger partial charge in [-0.15, -0.1) is 0 Å². The van der Waals surface area contributed by atoms with Crippen LogP contribution in [0.4, 0.5) is 0 Å². The third kappa shape index (κ3) is 3.03. The van der Waals surface area contributed by atoms with Gasteiger partial charge in [-0.3, -0.25) is 4.79 Å². The molecule has 2 aliphatic carbocycles. The summed E-state index contributed by atoms with van der Waals surface area (Å²) in [5.74, 6) is 0.546. The molecule has 1 heterocycles. The fraction of sp³-hybridized carbons (Fsp3) is 0.650. The van der Waals surface area contributed by atoms with E-state index in [9.17, 15) is 4.79 Å². The number of halogens is 1. The average Bonchev–Trinajstić information content (AvgIpc) is 3.29. The van der Waals surface area contributed by atoms with Crippen molar-refractivity contribution in [1.29, 1.82) is 0 Å². The molecular formula is C20H27BrN2O. The summed E-state index contributed by atoms with van der Waals surface area (Å²) >= 11 is 3.60. The van der Waals surface area contributed by atoms with Gasteiger partial charge in [0.15, 0.2) is 0 Å². The minimum Gasteiger partial charge on any atom is -0.346 e. The zero-order valence-corrected chi connectivity index (χ0v) is 15.8. The van der Waals surface area contributed by atoms with Crippen molar-refractivity contribution in [3.8, 4) is 0 Å². The maximum absolute atomic E-state index is 13.1. The number of piperidine rings is 1. The highest BCUT2D eigenvalue weighted by molar-refractivity contribution is 9.10. The lowest BCUT2D eigenvalue weighted by molar-refractivity contribution is -0.125. The molecule has 3 fully saturated rings. The predicted molar refractivity (Wildman–Crippen MR) is 99.7 cm³/mol. The highest BCUT2D eigenvalue weighted by Crippen LogP contribution is 2.59. The molecule has 1 atom stereocenters. The molecule has 4 rings (SSSR count). The molecule has 1 amide bonds. The van der Waals surface area contributed by atoms with Gasteiger partial charge in [-0.25, -0.2) is 0 Å². The molecule has 1 saturated heterocycles. The normalized spacial score (nSPS) is 27.6. The van der Waals surface area contributed by atoms with E-state index < -0.39 is 0 Å². The zero-order valence-electron chi connectivity index (χ0n) is 14.2. The van der Waals surface area contributed by atoms with Gasteiger partial charge < -0.3 is 10.6 Å². The van der Waals surface area contributed by atoms with E-state index in [1.165, 1.54) is 24.8 Å². The molecule has 2 saturated carbocycles. The Morgan fingerprint density at radius 2 is 1.88 bits per heavy atom. The summed E-state index contributed by atoms with van der Waals surface area (Å²) in [5.41, 5.74) is 1.42. The van der Waals surface area contributed by atoms with E-state index in [0.29, 0.717) is 11.3 Å². The van der Waals surface area contributed by atoms with Gasteiger partial charge >= 0.3 is 0 Å². The van der Waals surface area contributed by atoms with Gasteiger partial charge in [-0.2, -0.15) is 0 Å². The minimum absolute atomic E-state index is 0.157. The van der Waals surface area contributed by atoms with Crippen LogP contribution in [0.25, 0.3) is 0 Å². The first kappa shape index (κ1) is 16.6. The molecule has 0 radical (unpaired) electrons. The lowest BCUT2D eigenvalue weighted by Gasteiger charge is -2.39. The number of carbonyl (C=O) groups is 1. The molecule has 130 valence electrons. The molecule has 1 spiro atoms. The van der Waals surface area contributed by atoms with Crippen molar-refractivity contribution >= 4 is 21.8 Å². The third-order valence-corrected chi connectivity index (χ3v) is 7.05. The molecule has 1 aromatic rings. The number of hydrogen-bond acceptors (Lipinski definition) is 2. The fourth-order valence-corrected chi connectivity index (χ4v) is 5.35. The van der Waals surface area contributed by atoms with Gasteiger partial charge in [-0.05, 0) is 68.3 Å². The van der Waals surface area contributed by atoms with E-state index in [4.69, 9.17) is 0 Å². The maximum atomic E-state index is 13.1. The number of rotatable bonds is 3. The van der Waals surface area contributed by atoms with Crippen LogP contribution in [0.2, 0.25) is 0 Å². The quantitative estimate of drug-likeness (QED) is 0.814. The van der Waals surface area contributed by atoms with Crippen molar-refractivity contribution in [2.24, 2.45) is 11.3 Å². The Morgan fingerprint density at radius 3 is 2.58 bits per heavy atom. The van der Waals surface area contributed by atoms with E-state index in [0.717, 1.165) is 49.7 Å². The van der Waals surface area contributed by atoms with Crippen molar-refractivity contribution in [2.45, 2.75) is 56.9 Å². The summed E-state index contributed by atoms with van der Waals surface area (Å²) in [6, 6.07) is 8.53. The van der Waals surface area contributed by atoms with Crippen molar-refractivity contribution in [3.05, 3.63) is 34.3 Å². The number of hydrogen-bond donors (Lipinski definition) is 2. The smallest absolute Gasteiger partial charge is 0.224 e. The summed E-state index contributed by atoms with van der Waals surface area (Å²) in [6.07, 6.45) is 9.23. The predicted octanol–water partition coefficient (Wildman–Crippen LogP) is 4.11. The van der Waals surface area contributed by atoms with Crippen molar-refractivity contribution in [3.63, 3.8) is 0 Å². The Kier molecular flexibility index (Phi) is 4.46. The van der Waals surface area contributed by atoms with Crippen molar-refractivity contribution < 1.29 is 4.79 Å². The molecule has 0 bridgehead atoms.